The molecule has 1 unspecified atom stereocenters. The van der Waals surface area contributed by atoms with Crippen LogP contribution in [0, 0.1) is 0 Å². The van der Waals surface area contributed by atoms with E-state index in [4.69, 9.17) is 11.6 Å². The standard InChI is InChI=1S/C10H12ClNS/c11-10-5-7-8(12-6-1-2-6)3-4-9(7)13-10/h5-6,8,12H,1-4H2. The largest absolute Gasteiger partial charge is 0.307 e. The van der Waals surface area contributed by atoms with E-state index in [1.165, 1.54) is 36.1 Å². The summed E-state index contributed by atoms with van der Waals surface area (Å²) in [5.74, 6) is 0. The Balaban J connectivity index is 1.83. The third-order valence-electron chi connectivity index (χ3n) is 2.86. The molecule has 2 aliphatic carbocycles. The van der Waals surface area contributed by atoms with Crippen molar-refractivity contribution in [2.45, 2.75) is 37.8 Å². The maximum atomic E-state index is 5.99. The van der Waals surface area contributed by atoms with Gasteiger partial charge in [0.25, 0.3) is 0 Å². The molecule has 0 saturated heterocycles. The highest BCUT2D eigenvalue weighted by atomic mass is 35.5. The molecule has 1 atom stereocenters. The van der Waals surface area contributed by atoms with Crippen LogP contribution in [0.4, 0.5) is 0 Å². The predicted octanol–water partition coefficient (Wildman–Crippen LogP) is 3.14. The van der Waals surface area contributed by atoms with Gasteiger partial charge in [-0.05, 0) is 37.3 Å². The van der Waals surface area contributed by atoms with Gasteiger partial charge in [-0.15, -0.1) is 11.3 Å². The molecule has 1 fully saturated rings. The molecular formula is C10H12ClNS. The summed E-state index contributed by atoms with van der Waals surface area (Å²) in [5.41, 5.74) is 1.47. The minimum atomic E-state index is 0.603. The zero-order chi connectivity index (χ0) is 8.84. The minimum Gasteiger partial charge on any atom is -0.307 e. The number of halogens is 1. The van der Waals surface area contributed by atoms with E-state index in [1.54, 1.807) is 11.3 Å². The molecule has 1 N–H and O–H groups in total. The van der Waals surface area contributed by atoms with Gasteiger partial charge in [0.1, 0.15) is 0 Å². The summed E-state index contributed by atoms with van der Waals surface area (Å²) in [6.45, 7) is 0. The average Bonchev–Trinajstić information content (AvgIpc) is 2.73. The highest BCUT2D eigenvalue weighted by molar-refractivity contribution is 7.16. The molecule has 0 aromatic carbocycles. The lowest BCUT2D eigenvalue weighted by Crippen LogP contribution is -2.20. The van der Waals surface area contributed by atoms with Crippen LogP contribution >= 0.6 is 22.9 Å². The third-order valence-corrected chi connectivity index (χ3v) is 4.20. The molecule has 0 aliphatic heterocycles. The van der Waals surface area contributed by atoms with Crippen molar-refractivity contribution in [2.75, 3.05) is 0 Å². The fourth-order valence-corrected chi connectivity index (χ4v) is 3.39. The molecule has 3 rings (SSSR count). The highest BCUT2D eigenvalue weighted by Gasteiger charge is 2.30. The highest BCUT2D eigenvalue weighted by Crippen LogP contribution is 2.40. The molecule has 0 spiro atoms. The summed E-state index contributed by atoms with van der Waals surface area (Å²) in [5, 5.41) is 3.67. The Bertz CT molecular complexity index is 330. The maximum absolute atomic E-state index is 5.99. The molecule has 2 aliphatic rings. The first kappa shape index (κ1) is 8.27. The summed E-state index contributed by atoms with van der Waals surface area (Å²) < 4.78 is 0.951. The van der Waals surface area contributed by atoms with Crippen LogP contribution in [0.3, 0.4) is 0 Å². The fraction of sp³-hybridized carbons (Fsp3) is 0.600. The van der Waals surface area contributed by atoms with Gasteiger partial charge in [0, 0.05) is 17.0 Å². The normalized spacial score (nSPS) is 26.4. The Hall–Kier alpha value is -0.0500. The summed E-state index contributed by atoms with van der Waals surface area (Å²) in [7, 11) is 0. The first-order valence-electron chi connectivity index (χ1n) is 4.87. The smallest absolute Gasteiger partial charge is 0.0934 e. The molecule has 0 radical (unpaired) electrons. The van der Waals surface area contributed by atoms with E-state index in [9.17, 15) is 0 Å². The first-order valence-corrected chi connectivity index (χ1v) is 6.06. The van der Waals surface area contributed by atoms with Crippen LogP contribution in [0.1, 0.15) is 35.7 Å². The van der Waals surface area contributed by atoms with Gasteiger partial charge in [0.2, 0.25) is 0 Å². The molecule has 1 nitrogen and oxygen atoms in total. The van der Waals surface area contributed by atoms with Crippen LogP contribution in [-0.2, 0) is 6.42 Å². The molecular weight excluding hydrogens is 202 g/mol. The van der Waals surface area contributed by atoms with Gasteiger partial charge in [0.05, 0.1) is 4.34 Å². The molecule has 70 valence electrons. The molecule has 0 amide bonds. The molecule has 1 saturated carbocycles. The molecule has 0 bridgehead atoms. The van der Waals surface area contributed by atoms with Gasteiger partial charge >= 0.3 is 0 Å². The van der Waals surface area contributed by atoms with E-state index in [1.807, 2.05) is 0 Å². The van der Waals surface area contributed by atoms with Gasteiger partial charge in [-0.25, -0.2) is 0 Å². The van der Waals surface area contributed by atoms with Crippen molar-refractivity contribution in [2.24, 2.45) is 0 Å². The van der Waals surface area contributed by atoms with Gasteiger partial charge in [-0.1, -0.05) is 11.6 Å². The number of fused-ring (bicyclic) bond motifs is 1. The van der Waals surface area contributed by atoms with Crippen LogP contribution < -0.4 is 5.32 Å². The van der Waals surface area contributed by atoms with Gasteiger partial charge in [-0.2, -0.15) is 0 Å². The van der Waals surface area contributed by atoms with Crippen molar-refractivity contribution in [3.05, 3.63) is 20.8 Å². The lowest BCUT2D eigenvalue weighted by Gasteiger charge is -2.11. The van der Waals surface area contributed by atoms with E-state index < -0.39 is 0 Å². The van der Waals surface area contributed by atoms with Crippen LogP contribution in [0.2, 0.25) is 4.34 Å². The van der Waals surface area contributed by atoms with E-state index >= 15 is 0 Å². The molecule has 13 heavy (non-hydrogen) atoms. The summed E-state index contributed by atoms with van der Waals surface area (Å²) in [6.07, 6.45) is 5.22. The zero-order valence-corrected chi connectivity index (χ0v) is 8.92. The quantitative estimate of drug-likeness (QED) is 0.796. The zero-order valence-electron chi connectivity index (χ0n) is 7.35. The lowest BCUT2D eigenvalue weighted by molar-refractivity contribution is 0.527. The second-order valence-electron chi connectivity index (χ2n) is 3.96. The number of thiophene rings is 1. The first-order chi connectivity index (χ1) is 6.33. The number of hydrogen-bond acceptors (Lipinski definition) is 2. The number of aryl methyl sites for hydroxylation is 1. The van der Waals surface area contributed by atoms with Gasteiger partial charge in [0.15, 0.2) is 0 Å². The van der Waals surface area contributed by atoms with Crippen molar-refractivity contribution in [1.82, 2.24) is 5.32 Å². The Morgan fingerprint density at radius 3 is 3.00 bits per heavy atom. The van der Waals surface area contributed by atoms with E-state index in [0.29, 0.717) is 6.04 Å². The molecule has 1 aromatic rings. The van der Waals surface area contributed by atoms with Crippen LogP contribution in [0.15, 0.2) is 6.07 Å². The number of rotatable bonds is 2. The maximum Gasteiger partial charge on any atom is 0.0934 e. The third kappa shape index (κ3) is 1.51. The lowest BCUT2D eigenvalue weighted by atomic mass is 10.2. The summed E-state index contributed by atoms with van der Waals surface area (Å²) in [6, 6.07) is 3.55. The summed E-state index contributed by atoms with van der Waals surface area (Å²) in [4.78, 5) is 1.50. The van der Waals surface area contributed by atoms with Crippen LogP contribution in [-0.4, -0.2) is 6.04 Å². The second kappa shape index (κ2) is 2.97. The van der Waals surface area contributed by atoms with Crippen molar-refractivity contribution in [1.29, 1.82) is 0 Å². The van der Waals surface area contributed by atoms with Crippen molar-refractivity contribution in [3.8, 4) is 0 Å². The monoisotopic (exact) mass is 213 g/mol. The Morgan fingerprint density at radius 1 is 1.38 bits per heavy atom. The fourth-order valence-electron chi connectivity index (χ4n) is 2.04. The van der Waals surface area contributed by atoms with Crippen molar-refractivity contribution in [3.63, 3.8) is 0 Å². The Labute approximate surface area is 87.1 Å². The second-order valence-corrected chi connectivity index (χ2v) is 5.73. The van der Waals surface area contributed by atoms with Gasteiger partial charge in [-0.3, -0.25) is 0 Å². The Kier molecular flexibility index (Phi) is 1.89. The number of nitrogens with one attached hydrogen (secondary N) is 1. The number of hydrogen-bond donors (Lipinski definition) is 1. The molecule has 3 heteroatoms. The summed E-state index contributed by atoms with van der Waals surface area (Å²) >= 11 is 7.74. The van der Waals surface area contributed by atoms with Crippen molar-refractivity contribution < 1.29 is 0 Å². The average molecular weight is 214 g/mol. The van der Waals surface area contributed by atoms with Crippen LogP contribution in [0.25, 0.3) is 0 Å². The Morgan fingerprint density at radius 2 is 2.23 bits per heavy atom. The predicted molar refractivity (Wildman–Crippen MR) is 56.5 cm³/mol. The van der Waals surface area contributed by atoms with E-state index in [0.717, 1.165) is 10.4 Å². The SMILES string of the molecule is Clc1cc2c(s1)CCC2NC1CC1. The molecule has 1 heterocycles. The minimum absolute atomic E-state index is 0.603. The van der Waals surface area contributed by atoms with Crippen molar-refractivity contribution >= 4 is 22.9 Å². The molecule has 1 aromatic heterocycles. The topological polar surface area (TPSA) is 12.0 Å². The van der Waals surface area contributed by atoms with Crippen LogP contribution in [0.5, 0.6) is 0 Å². The van der Waals surface area contributed by atoms with E-state index in [-0.39, 0.29) is 0 Å². The van der Waals surface area contributed by atoms with Gasteiger partial charge < -0.3 is 5.32 Å². The van der Waals surface area contributed by atoms with E-state index in [2.05, 4.69) is 11.4 Å².